The largest absolute Gasteiger partial charge is 0.257 e. The summed E-state index contributed by atoms with van der Waals surface area (Å²) in [7, 11) is 0. The Balaban J connectivity index is 2.10. The first-order valence-electron chi connectivity index (χ1n) is 5.63. The Morgan fingerprint density at radius 3 is 2.72 bits per heavy atom. The van der Waals surface area contributed by atoms with Gasteiger partial charge in [-0.25, -0.2) is 19.2 Å². The number of benzene rings is 1. The van der Waals surface area contributed by atoms with Crippen LogP contribution in [0, 0.1) is 11.6 Å². The van der Waals surface area contributed by atoms with Crippen LogP contribution >= 0.6 is 0 Å². The first-order chi connectivity index (χ1) is 8.66. The fourth-order valence-corrected chi connectivity index (χ4v) is 2.09. The van der Waals surface area contributed by atoms with Gasteiger partial charge in [0.25, 0.3) is 0 Å². The number of rotatable bonds is 1. The summed E-state index contributed by atoms with van der Waals surface area (Å²) >= 11 is 0. The second kappa shape index (κ2) is 4.03. The van der Waals surface area contributed by atoms with E-state index in [4.69, 9.17) is 0 Å². The molecule has 92 valence electrons. The van der Waals surface area contributed by atoms with Crippen LogP contribution in [0.25, 0.3) is 5.70 Å². The maximum absolute atomic E-state index is 13.8. The summed E-state index contributed by atoms with van der Waals surface area (Å²) in [5.74, 6) is -0.517. The average molecular weight is 247 g/mol. The molecule has 1 unspecified atom stereocenters. The summed E-state index contributed by atoms with van der Waals surface area (Å²) in [5.41, 5.74) is 3.42. The van der Waals surface area contributed by atoms with Crippen LogP contribution in [0.2, 0.25) is 0 Å². The molecule has 18 heavy (non-hydrogen) atoms. The third-order valence-electron chi connectivity index (χ3n) is 2.83. The molecular weight excluding hydrogens is 236 g/mol. The van der Waals surface area contributed by atoms with Crippen LogP contribution in [0.4, 0.5) is 8.78 Å². The molecule has 2 heterocycles. The van der Waals surface area contributed by atoms with E-state index in [1.54, 1.807) is 23.2 Å². The van der Waals surface area contributed by atoms with Gasteiger partial charge in [-0.05, 0) is 31.2 Å². The van der Waals surface area contributed by atoms with Gasteiger partial charge < -0.3 is 0 Å². The Kier molecular flexibility index (Phi) is 2.48. The summed E-state index contributed by atoms with van der Waals surface area (Å²) in [5, 5.41) is 1.60. The molecule has 5 heteroatoms. The van der Waals surface area contributed by atoms with Crippen LogP contribution in [0.15, 0.2) is 41.4 Å². The molecule has 2 aliphatic rings. The van der Waals surface area contributed by atoms with Crippen LogP contribution < -0.4 is 5.43 Å². The van der Waals surface area contributed by atoms with Crippen molar-refractivity contribution in [3.8, 4) is 0 Å². The van der Waals surface area contributed by atoms with Crippen LogP contribution in [-0.4, -0.2) is 17.0 Å². The Labute approximate surface area is 103 Å². The van der Waals surface area contributed by atoms with Crippen LogP contribution in [0.1, 0.15) is 12.5 Å². The number of allylic oxidation sites excluding steroid dienone is 2. The summed E-state index contributed by atoms with van der Waals surface area (Å²) < 4.78 is 27.6. The Bertz CT molecular complexity index is 570. The number of nitrogens with zero attached hydrogens (tertiary/aromatic N) is 2. The van der Waals surface area contributed by atoms with Crippen LogP contribution in [-0.2, 0) is 0 Å². The first kappa shape index (κ1) is 11.1. The van der Waals surface area contributed by atoms with Crippen molar-refractivity contribution in [2.75, 3.05) is 0 Å². The van der Waals surface area contributed by atoms with E-state index in [2.05, 4.69) is 10.4 Å². The van der Waals surface area contributed by atoms with Crippen LogP contribution in [0.3, 0.4) is 0 Å². The first-order valence-corrected chi connectivity index (χ1v) is 5.63. The summed E-state index contributed by atoms with van der Waals surface area (Å²) in [6.45, 7) is 1.87. The number of amidine groups is 1. The summed E-state index contributed by atoms with van der Waals surface area (Å²) in [6, 6.07) is 3.84. The molecule has 0 saturated carbocycles. The number of hydrazine groups is 1. The lowest BCUT2D eigenvalue weighted by molar-refractivity contribution is 0.407. The van der Waals surface area contributed by atoms with Gasteiger partial charge in [0.1, 0.15) is 23.6 Å². The minimum Gasteiger partial charge on any atom is -0.257 e. The van der Waals surface area contributed by atoms with E-state index in [1.807, 2.05) is 6.92 Å². The molecular formula is C13H11F2N3. The molecule has 0 saturated heterocycles. The van der Waals surface area contributed by atoms with Crippen molar-refractivity contribution in [3.63, 3.8) is 0 Å². The number of hydrogen-bond acceptors (Lipinski definition) is 3. The normalized spacial score (nSPS) is 21.7. The second-order valence-corrected chi connectivity index (χ2v) is 4.14. The average Bonchev–Trinajstić information content (AvgIpc) is 2.70. The summed E-state index contributed by atoms with van der Waals surface area (Å²) in [6.07, 6.45) is 5.07. The molecule has 1 N–H and O–H groups in total. The Hall–Kier alpha value is -2.01. The van der Waals surface area contributed by atoms with Gasteiger partial charge >= 0.3 is 0 Å². The monoisotopic (exact) mass is 247 g/mol. The van der Waals surface area contributed by atoms with E-state index in [1.165, 1.54) is 18.2 Å². The van der Waals surface area contributed by atoms with Crippen molar-refractivity contribution in [2.24, 2.45) is 4.99 Å². The third-order valence-corrected chi connectivity index (χ3v) is 2.83. The third kappa shape index (κ3) is 1.64. The quantitative estimate of drug-likeness (QED) is 0.825. The minimum atomic E-state index is -0.586. The topological polar surface area (TPSA) is 27.6 Å². The van der Waals surface area contributed by atoms with E-state index in [0.29, 0.717) is 11.5 Å². The van der Waals surface area contributed by atoms with Gasteiger partial charge in [0.05, 0.1) is 11.3 Å². The molecule has 0 fully saturated rings. The number of nitrogens with one attached hydrogen (secondary N) is 1. The SMILES string of the molecule is CC1N=C2C=CC=C(c3c(F)cccc3F)N2N1. The van der Waals surface area contributed by atoms with E-state index in [-0.39, 0.29) is 11.7 Å². The molecule has 1 atom stereocenters. The molecule has 0 aromatic heterocycles. The molecule has 0 spiro atoms. The zero-order valence-electron chi connectivity index (χ0n) is 9.69. The Morgan fingerprint density at radius 1 is 1.28 bits per heavy atom. The van der Waals surface area contributed by atoms with Crippen molar-refractivity contribution >= 4 is 11.5 Å². The lowest BCUT2D eigenvalue weighted by Gasteiger charge is -2.25. The molecule has 3 nitrogen and oxygen atoms in total. The molecule has 1 aromatic carbocycles. The van der Waals surface area contributed by atoms with Gasteiger partial charge in [0.15, 0.2) is 0 Å². The predicted octanol–water partition coefficient (Wildman–Crippen LogP) is 2.44. The highest BCUT2D eigenvalue weighted by Crippen LogP contribution is 2.28. The molecule has 0 radical (unpaired) electrons. The molecule has 3 rings (SSSR count). The number of halogens is 2. The smallest absolute Gasteiger partial charge is 0.144 e. The highest BCUT2D eigenvalue weighted by molar-refractivity contribution is 6.02. The van der Waals surface area contributed by atoms with Crippen molar-refractivity contribution in [1.82, 2.24) is 10.4 Å². The fraction of sp³-hybridized carbons (Fsp3) is 0.154. The zero-order chi connectivity index (χ0) is 12.7. The van der Waals surface area contributed by atoms with Gasteiger partial charge in [0.2, 0.25) is 0 Å². The second-order valence-electron chi connectivity index (χ2n) is 4.14. The van der Waals surface area contributed by atoms with Crippen molar-refractivity contribution < 1.29 is 8.78 Å². The van der Waals surface area contributed by atoms with E-state index in [9.17, 15) is 8.78 Å². The van der Waals surface area contributed by atoms with E-state index < -0.39 is 11.6 Å². The van der Waals surface area contributed by atoms with Crippen molar-refractivity contribution in [3.05, 3.63) is 53.6 Å². The lowest BCUT2D eigenvalue weighted by Crippen LogP contribution is -2.38. The van der Waals surface area contributed by atoms with Gasteiger partial charge in [0, 0.05) is 0 Å². The molecule has 0 bridgehead atoms. The number of aliphatic imine (C=N–C) groups is 1. The van der Waals surface area contributed by atoms with Crippen molar-refractivity contribution in [1.29, 1.82) is 0 Å². The molecule has 1 aromatic rings. The Morgan fingerprint density at radius 2 is 2.00 bits per heavy atom. The highest BCUT2D eigenvalue weighted by Gasteiger charge is 2.28. The molecule has 0 amide bonds. The van der Waals surface area contributed by atoms with Crippen LogP contribution in [0.5, 0.6) is 0 Å². The number of hydrogen-bond donors (Lipinski definition) is 1. The number of fused-ring (bicyclic) bond motifs is 1. The van der Waals surface area contributed by atoms with Crippen molar-refractivity contribution in [2.45, 2.75) is 13.1 Å². The zero-order valence-corrected chi connectivity index (χ0v) is 9.69. The van der Waals surface area contributed by atoms with Gasteiger partial charge in [-0.15, -0.1) is 0 Å². The highest BCUT2D eigenvalue weighted by atomic mass is 19.1. The van der Waals surface area contributed by atoms with Gasteiger partial charge in [-0.2, -0.15) is 0 Å². The maximum Gasteiger partial charge on any atom is 0.144 e. The molecule has 2 aliphatic heterocycles. The van der Waals surface area contributed by atoms with Gasteiger partial charge in [-0.1, -0.05) is 12.1 Å². The predicted molar refractivity (Wildman–Crippen MR) is 65.3 cm³/mol. The lowest BCUT2D eigenvalue weighted by atomic mass is 10.1. The fourth-order valence-electron chi connectivity index (χ4n) is 2.09. The summed E-state index contributed by atoms with van der Waals surface area (Å²) in [4.78, 5) is 4.30. The standard InChI is InChI=1S/C13H11F2N3/c1-8-16-12-7-3-6-11(18(12)17-8)13-9(14)4-2-5-10(13)15/h2-8,17H,1H3. The minimum absolute atomic E-state index is 0.0452. The molecule has 0 aliphatic carbocycles. The van der Waals surface area contributed by atoms with Gasteiger partial charge in [-0.3, -0.25) is 5.01 Å². The maximum atomic E-state index is 13.8. The van der Waals surface area contributed by atoms with E-state index in [0.717, 1.165) is 0 Å². The van der Waals surface area contributed by atoms with E-state index >= 15 is 0 Å².